The summed E-state index contributed by atoms with van der Waals surface area (Å²) in [7, 11) is 0. The zero-order valence-electron chi connectivity index (χ0n) is 13.9. The molecule has 0 aliphatic carbocycles. The van der Waals surface area contributed by atoms with Crippen LogP contribution < -0.4 is 11.1 Å². The number of nitrogens with one attached hydrogen (secondary N) is 1. The summed E-state index contributed by atoms with van der Waals surface area (Å²) in [4.78, 5) is 14.5. The molecule has 1 atom stereocenters. The van der Waals surface area contributed by atoms with Crippen LogP contribution in [0.2, 0.25) is 0 Å². The summed E-state index contributed by atoms with van der Waals surface area (Å²) in [5.74, 6) is 0.245. The first kappa shape index (κ1) is 18.7. The summed E-state index contributed by atoms with van der Waals surface area (Å²) in [5, 5.41) is 5.47. The van der Waals surface area contributed by atoms with Crippen molar-refractivity contribution in [3.63, 3.8) is 0 Å². The van der Waals surface area contributed by atoms with E-state index in [-0.39, 0.29) is 24.2 Å². The second-order valence-electron chi connectivity index (χ2n) is 6.34. The van der Waals surface area contributed by atoms with Gasteiger partial charge in [-0.1, -0.05) is 36.4 Å². The monoisotopic (exact) mass is 347 g/mol. The van der Waals surface area contributed by atoms with Crippen LogP contribution in [0.4, 0.5) is 0 Å². The number of nitrogens with zero attached hydrogens (tertiary/aromatic N) is 1. The molecule has 2 aromatic rings. The molecular formula is C19H26ClN3O. The summed E-state index contributed by atoms with van der Waals surface area (Å²) in [6.45, 7) is 3.88. The predicted octanol–water partition coefficient (Wildman–Crippen LogP) is 2.55. The number of carbonyl (C=O) groups is 1. The lowest BCUT2D eigenvalue weighted by molar-refractivity contribution is -0.126. The summed E-state index contributed by atoms with van der Waals surface area (Å²) in [6.07, 6.45) is 2.05. The van der Waals surface area contributed by atoms with E-state index < -0.39 is 0 Å². The average Bonchev–Trinajstić information content (AvgIpc) is 2.60. The van der Waals surface area contributed by atoms with Crippen LogP contribution in [0, 0.1) is 5.92 Å². The molecule has 3 rings (SSSR count). The fourth-order valence-electron chi connectivity index (χ4n) is 3.35. The summed E-state index contributed by atoms with van der Waals surface area (Å²) >= 11 is 0. The zero-order valence-corrected chi connectivity index (χ0v) is 14.7. The highest BCUT2D eigenvalue weighted by Gasteiger charge is 2.25. The Morgan fingerprint density at radius 1 is 1.21 bits per heavy atom. The highest BCUT2D eigenvalue weighted by Crippen LogP contribution is 2.21. The van der Waals surface area contributed by atoms with Crippen LogP contribution in [0.25, 0.3) is 10.8 Å². The van der Waals surface area contributed by atoms with E-state index >= 15 is 0 Å². The van der Waals surface area contributed by atoms with Crippen molar-refractivity contribution in [3.05, 3.63) is 48.0 Å². The molecule has 1 fully saturated rings. The van der Waals surface area contributed by atoms with Crippen LogP contribution in [0.1, 0.15) is 18.4 Å². The topological polar surface area (TPSA) is 58.4 Å². The van der Waals surface area contributed by atoms with E-state index in [4.69, 9.17) is 5.73 Å². The highest BCUT2D eigenvalue weighted by atomic mass is 35.5. The fraction of sp³-hybridized carbons (Fsp3) is 0.421. The molecule has 0 bridgehead atoms. The van der Waals surface area contributed by atoms with Gasteiger partial charge >= 0.3 is 0 Å². The van der Waals surface area contributed by atoms with E-state index in [9.17, 15) is 4.79 Å². The number of piperidine rings is 1. The minimum Gasteiger partial charge on any atom is -0.355 e. The van der Waals surface area contributed by atoms with Crippen LogP contribution in [-0.2, 0) is 11.3 Å². The van der Waals surface area contributed by atoms with Crippen molar-refractivity contribution in [2.45, 2.75) is 19.4 Å². The van der Waals surface area contributed by atoms with Gasteiger partial charge in [-0.2, -0.15) is 0 Å². The van der Waals surface area contributed by atoms with Gasteiger partial charge in [0.1, 0.15) is 0 Å². The van der Waals surface area contributed by atoms with E-state index in [1.807, 2.05) is 0 Å². The largest absolute Gasteiger partial charge is 0.355 e. The lowest BCUT2D eigenvalue weighted by Gasteiger charge is -2.32. The van der Waals surface area contributed by atoms with E-state index in [1.165, 1.54) is 16.3 Å². The number of fused-ring (bicyclic) bond motifs is 1. The number of benzene rings is 2. The fourth-order valence-corrected chi connectivity index (χ4v) is 3.35. The van der Waals surface area contributed by atoms with Gasteiger partial charge in [-0.3, -0.25) is 9.69 Å². The number of hydrogen-bond acceptors (Lipinski definition) is 3. The molecule has 1 heterocycles. The first-order chi connectivity index (χ1) is 11.3. The Balaban J connectivity index is 0.00000208. The van der Waals surface area contributed by atoms with Gasteiger partial charge in [0.2, 0.25) is 5.91 Å². The van der Waals surface area contributed by atoms with E-state index in [0.717, 1.165) is 32.5 Å². The van der Waals surface area contributed by atoms with Gasteiger partial charge in [0.15, 0.2) is 0 Å². The third-order valence-electron chi connectivity index (χ3n) is 4.54. The Hall–Kier alpha value is -1.62. The highest BCUT2D eigenvalue weighted by molar-refractivity contribution is 5.85. The number of hydrogen-bond donors (Lipinski definition) is 2. The minimum absolute atomic E-state index is 0. The first-order valence-corrected chi connectivity index (χ1v) is 8.44. The summed E-state index contributed by atoms with van der Waals surface area (Å²) in [5.41, 5.74) is 6.77. The van der Waals surface area contributed by atoms with E-state index in [0.29, 0.717) is 13.1 Å². The molecule has 0 aromatic heterocycles. The van der Waals surface area contributed by atoms with Crippen LogP contribution in [0.3, 0.4) is 0 Å². The summed E-state index contributed by atoms with van der Waals surface area (Å²) in [6, 6.07) is 15.1. The number of halogens is 1. The van der Waals surface area contributed by atoms with Gasteiger partial charge in [-0.05, 0) is 41.8 Å². The van der Waals surface area contributed by atoms with Crippen LogP contribution >= 0.6 is 12.4 Å². The minimum atomic E-state index is 0. The SMILES string of the molecule is Cl.NCCNC(=O)C1CCCN(Cc2ccc3ccccc3c2)C1. The molecule has 24 heavy (non-hydrogen) atoms. The Morgan fingerprint density at radius 3 is 2.79 bits per heavy atom. The second kappa shape index (κ2) is 9.02. The van der Waals surface area contributed by atoms with Crippen molar-refractivity contribution in [2.24, 2.45) is 11.7 Å². The van der Waals surface area contributed by atoms with Gasteiger partial charge in [0.05, 0.1) is 5.92 Å². The van der Waals surface area contributed by atoms with Gasteiger partial charge in [-0.15, -0.1) is 12.4 Å². The van der Waals surface area contributed by atoms with Crippen molar-refractivity contribution in [1.29, 1.82) is 0 Å². The van der Waals surface area contributed by atoms with Crippen LogP contribution in [0.5, 0.6) is 0 Å². The van der Waals surface area contributed by atoms with Crippen LogP contribution in [0.15, 0.2) is 42.5 Å². The molecule has 2 aromatic carbocycles. The van der Waals surface area contributed by atoms with Crippen molar-refractivity contribution in [1.82, 2.24) is 10.2 Å². The van der Waals surface area contributed by atoms with Gasteiger partial charge in [0, 0.05) is 26.2 Å². The molecule has 0 radical (unpaired) electrons. The van der Waals surface area contributed by atoms with Crippen molar-refractivity contribution < 1.29 is 4.79 Å². The third kappa shape index (κ3) is 4.69. The molecule has 0 spiro atoms. The predicted molar refractivity (Wildman–Crippen MR) is 101 cm³/mol. The number of nitrogens with two attached hydrogens (primary N) is 1. The standard InChI is InChI=1S/C19H25N3O.ClH/c20-9-10-21-19(23)18-6-3-11-22(14-18)13-15-7-8-16-4-1-2-5-17(16)12-15;/h1-2,4-5,7-8,12,18H,3,6,9-11,13-14,20H2,(H,21,23);1H. The molecule has 4 nitrogen and oxygen atoms in total. The molecule has 1 amide bonds. The Kier molecular flexibility index (Phi) is 7.03. The Labute approximate surface area is 149 Å². The molecule has 130 valence electrons. The second-order valence-corrected chi connectivity index (χ2v) is 6.34. The lowest BCUT2D eigenvalue weighted by Crippen LogP contribution is -2.43. The van der Waals surface area contributed by atoms with E-state index in [2.05, 4.69) is 52.7 Å². The van der Waals surface area contributed by atoms with Crippen molar-refractivity contribution >= 4 is 29.1 Å². The number of amides is 1. The maximum absolute atomic E-state index is 12.1. The average molecular weight is 348 g/mol. The normalized spacial score (nSPS) is 18.1. The lowest BCUT2D eigenvalue weighted by atomic mass is 9.96. The van der Waals surface area contributed by atoms with Crippen LogP contribution in [-0.4, -0.2) is 37.0 Å². The Bertz CT molecular complexity index is 676. The molecule has 3 N–H and O–H groups in total. The van der Waals surface area contributed by atoms with Gasteiger partial charge in [-0.25, -0.2) is 0 Å². The maximum atomic E-state index is 12.1. The zero-order chi connectivity index (χ0) is 16.1. The van der Waals surface area contributed by atoms with E-state index in [1.54, 1.807) is 0 Å². The number of rotatable bonds is 5. The molecule has 5 heteroatoms. The summed E-state index contributed by atoms with van der Waals surface area (Å²) < 4.78 is 0. The molecule has 1 saturated heterocycles. The Morgan fingerprint density at radius 2 is 2.00 bits per heavy atom. The maximum Gasteiger partial charge on any atom is 0.224 e. The van der Waals surface area contributed by atoms with Gasteiger partial charge in [0.25, 0.3) is 0 Å². The van der Waals surface area contributed by atoms with Crippen molar-refractivity contribution in [2.75, 3.05) is 26.2 Å². The number of carbonyl (C=O) groups excluding carboxylic acids is 1. The molecule has 0 saturated carbocycles. The quantitative estimate of drug-likeness (QED) is 0.873. The number of likely N-dealkylation sites (tertiary alicyclic amines) is 1. The molecular weight excluding hydrogens is 322 g/mol. The third-order valence-corrected chi connectivity index (χ3v) is 4.54. The molecule has 1 aliphatic heterocycles. The molecule has 1 aliphatic rings. The van der Waals surface area contributed by atoms with Crippen molar-refractivity contribution in [3.8, 4) is 0 Å². The molecule has 1 unspecified atom stereocenters. The smallest absolute Gasteiger partial charge is 0.224 e. The van der Waals surface area contributed by atoms with Gasteiger partial charge < -0.3 is 11.1 Å². The first-order valence-electron chi connectivity index (χ1n) is 8.44.